The Kier molecular flexibility index (Phi) is 4.10. The molecule has 0 fully saturated rings. The number of aromatic carboxylic acids is 1. The third kappa shape index (κ3) is 3.00. The van der Waals surface area contributed by atoms with Gasteiger partial charge in [0.25, 0.3) is 5.91 Å². The highest BCUT2D eigenvalue weighted by Gasteiger charge is 2.16. The molecule has 0 aliphatic carbocycles. The van der Waals surface area contributed by atoms with Crippen LogP contribution in [0.1, 0.15) is 25.6 Å². The van der Waals surface area contributed by atoms with Crippen LogP contribution in [0.2, 0.25) is 0 Å². The molecule has 0 saturated carbocycles. The number of nitrogens with one attached hydrogen (secondary N) is 1. The molecule has 0 spiro atoms. The Morgan fingerprint density at radius 1 is 1.35 bits per heavy atom. The Morgan fingerprint density at radius 3 is 2.60 bits per heavy atom. The number of carboxylic acids is 1. The van der Waals surface area contributed by atoms with Crippen molar-refractivity contribution in [1.82, 2.24) is 0 Å². The van der Waals surface area contributed by atoms with Crippen molar-refractivity contribution in [3.63, 3.8) is 0 Å². The first-order valence-electron chi connectivity index (χ1n) is 5.58. The lowest BCUT2D eigenvalue weighted by molar-refractivity contribution is 0.0698. The van der Waals surface area contributed by atoms with Crippen LogP contribution in [0.25, 0.3) is 0 Å². The van der Waals surface area contributed by atoms with Crippen molar-refractivity contribution in [2.75, 3.05) is 11.1 Å². The zero-order valence-corrected chi connectivity index (χ0v) is 12.8. The van der Waals surface area contributed by atoms with E-state index in [-0.39, 0.29) is 17.2 Å². The van der Waals surface area contributed by atoms with Crippen molar-refractivity contribution in [3.05, 3.63) is 44.1 Å². The number of amides is 1. The molecule has 0 unspecified atom stereocenters. The number of rotatable bonds is 3. The van der Waals surface area contributed by atoms with E-state index in [9.17, 15) is 9.59 Å². The number of hydrogen-bond donors (Lipinski definition) is 3. The molecular formula is C13H11BrN2O3S. The van der Waals surface area contributed by atoms with Gasteiger partial charge in [0.2, 0.25) is 0 Å². The fourth-order valence-corrected chi connectivity index (χ4v) is 3.04. The second kappa shape index (κ2) is 5.64. The van der Waals surface area contributed by atoms with Gasteiger partial charge in [-0.3, -0.25) is 4.79 Å². The molecule has 1 heterocycles. The topological polar surface area (TPSA) is 92.4 Å². The second-order valence-electron chi connectivity index (χ2n) is 4.13. The Hall–Kier alpha value is -1.86. The molecule has 0 aliphatic rings. The number of hydrogen-bond acceptors (Lipinski definition) is 4. The van der Waals surface area contributed by atoms with E-state index >= 15 is 0 Å². The van der Waals surface area contributed by atoms with Crippen LogP contribution < -0.4 is 11.1 Å². The highest BCUT2D eigenvalue weighted by molar-refractivity contribution is 9.11. The average molecular weight is 355 g/mol. The molecule has 0 radical (unpaired) electrons. The summed E-state index contributed by atoms with van der Waals surface area (Å²) in [6.45, 7) is 1.88. The fraction of sp³-hybridized carbons (Fsp3) is 0.0769. The van der Waals surface area contributed by atoms with Gasteiger partial charge in [-0.25, -0.2) is 4.79 Å². The molecule has 0 bridgehead atoms. The van der Waals surface area contributed by atoms with Gasteiger partial charge in [-0.05, 0) is 52.7 Å². The largest absolute Gasteiger partial charge is 0.478 e. The molecule has 0 atom stereocenters. The summed E-state index contributed by atoms with van der Waals surface area (Å²) >= 11 is 4.63. The molecular weight excluding hydrogens is 344 g/mol. The van der Waals surface area contributed by atoms with Gasteiger partial charge < -0.3 is 16.2 Å². The Labute approximate surface area is 127 Å². The van der Waals surface area contributed by atoms with E-state index in [0.29, 0.717) is 10.6 Å². The summed E-state index contributed by atoms with van der Waals surface area (Å²) in [6, 6.07) is 6.00. The average Bonchev–Trinajstić information content (AvgIpc) is 2.69. The molecule has 20 heavy (non-hydrogen) atoms. The highest BCUT2D eigenvalue weighted by Crippen LogP contribution is 2.28. The third-order valence-corrected chi connectivity index (χ3v) is 4.74. The van der Waals surface area contributed by atoms with E-state index in [1.54, 1.807) is 6.07 Å². The monoisotopic (exact) mass is 354 g/mol. The minimum Gasteiger partial charge on any atom is -0.478 e. The van der Waals surface area contributed by atoms with E-state index in [4.69, 9.17) is 10.8 Å². The van der Waals surface area contributed by atoms with Gasteiger partial charge in [-0.15, -0.1) is 11.3 Å². The van der Waals surface area contributed by atoms with Crippen LogP contribution in [0.3, 0.4) is 0 Å². The van der Waals surface area contributed by atoms with Gasteiger partial charge in [0, 0.05) is 5.69 Å². The van der Waals surface area contributed by atoms with E-state index in [0.717, 1.165) is 9.35 Å². The molecule has 1 aromatic heterocycles. The zero-order valence-electron chi connectivity index (χ0n) is 10.4. The number of benzene rings is 1. The van der Waals surface area contributed by atoms with Crippen LogP contribution in [0, 0.1) is 6.92 Å². The van der Waals surface area contributed by atoms with Gasteiger partial charge in [-0.1, -0.05) is 0 Å². The molecule has 0 saturated heterocycles. The first-order valence-corrected chi connectivity index (χ1v) is 7.19. The Morgan fingerprint density at radius 2 is 2.05 bits per heavy atom. The minimum absolute atomic E-state index is 0.0000984. The van der Waals surface area contributed by atoms with Crippen LogP contribution >= 0.6 is 27.3 Å². The maximum Gasteiger partial charge on any atom is 0.337 e. The number of halogens is 1. The van der Waals surface area contributed by atoms with Gasteiger partial charge in [0.05, 0.1) is 19.9 Å². The molecule has 1 aromatic carbocycles. The maximum atomic E-state index is 12.1. The molecule has 5 nitrogen and oxygen atoms in total. The summed E-state index contributed by atoms with van der Waals surface area (Å²) < 4.78 is 0.869. The maximum absolute atomic E-state index is 12.1. The number of carbonyl (C=O) groups is 2. The molecule has 0 aliphatic heterocycles. The van der Waals surface area contributed by atoms with Crippen molar-refractivity contribution < 1.29 is 14.7 Å². The van der Waals surface area contributed by atoms with Gasteiger partial charge >= 0.3 is 5.97 Å². The van der Waals surface area contributed by atoms with Gasteiger partial charge in [0.15, 0.2) is 0 Å². The molecule has 2 rings (SSSR count). The van der Waals surface area contributed by atoms with E-state index in [1.165, 1.54) is 29.5 Å². The standard InChI is InChI=1S/C13H11BrN2O3S/c1-6-4-10(20-11(6)14)12(17)16-9-5-7(15)2-3-8(9)13(18)19/h2-5H,15H2,1H3,(H,16,17)(H,18,19). The summed E-state index contributed by atoms with van der Waals surface area (Å²) in [5, 5.41) is 11.7. The van der Waals surface area contributed by atoms with E-state index in [2.05, 4.69) is 21.2 Å². The molecule has 7 heteroatoms. The SMILES string of the molecule is Cc1cc(C(=O)Nc2cc(N)ccc2C(=O)O)sc1Br. The van der Waals surface area contributed by atoms with Gasteiger partial charge in [-0.2, -0.15) is 0 Å². The van der Waals surface area contributed by atoms with Crippen LogP contribution in [0.4, 0.5) is 11.4 Å². The van der Waals surface area contributed by atoms with Crippen molar-refractivity contribution in [2.45, 2.75) is 6.92 Å². The lowest BCUT2D eigenvalue weighted by atomic mass is 10.1. The highest BCUT2D eigenvalue weighted by atomic mass is 79.9. The molecule has 4 N–H and O–H groups in total. The number of nitrogens with two attached hydrogens (primary N) is 1. The normalized spacial score (nSPS) is 10.3. The number of thiophene rings is 1. The summed E-state index contributed by atoms with van der Waals surface area (Å²) in [5.74, 6) is -1.49. The van der Waals surface area contributed by atoms with Crippen LogP contribution in [-0.2, 0) is 0 Å². The summed E-state index contributed by atoms with van der Waals surface area (Å²) in [5.41, 5.74) is 7.14. The van der Waals surface area contributed by atoms with Crippen LogP contribution in [0.5, 0.6) is 0 Å². The third-order valence-electron chi connectivity index (χ3n) is 2.60. The second-order valence-corrected chi connectivity index (χ2v) is 6.50. The number of nitrogen functional groups attached to an aromatic ring is 1. The number of aryl methyl sites for hydroxylation is 1. The molecule has 2 aromatic rings. The lowest BCUT2D eigenvalue weighted by Crippen LogP contribution is -2.14. The van der Waals surface area contributed by atoms with E-state index in [1.807, 2.05) is 6.92 Å². The molecule has 104 valence electrons. The minimum atomic E-state index is -1.12. The summed E-state index contributed by atoms with van der Waals surface area (Å²) in [4.78, 5) is 23.7. The molecule has 1 amide bonds. The predicted molar refractivity (Wildman–Crippen MR) is 82.5 cm³/mol. The quantitative estimate of drug-likeness (QED) is 0.736. The lowest BCUT2D eigenvalue weighted by Gasteiger charge is -2.08. The van der Waals surface area contributed by atoms with E-state index < -0.39 is 5.97 Å². The van der Waals surface area contributed by atoms with Crippen molar-refractivity contribution in [2.24, 2.45) is 0 Å². The van der Waals surface area contributed by atoms with Crippen molar-refractivity contribution >= 4 is 50.5 Å². The number of carboxylic acid groups (broad SMARTS) is 1. The Balaban J connectivity index is 2.32. The summed E-state index contributed by atoms with van der Waals surface area (Å²) in [7, 11) is 0. The van der Waals surface area contributed by atoms with Gasteiger partial charge in [0.1, 0.15) is 0 Å². The van der Waals surface area contributed by atoms with Crippen LogP contribution in [0.15, 0.2) is 28.1 Å². The Bertz CT molecular complexity index is 677. The number of carbonyl (C=O) groups excluding carboxylic acids is 1. The van der Waals surface area contributed by atoms with Crippen molar-refractivity contribution in [1.29, 1.82) is 0 Å². The predicted octanol–water partition coefficient (Wildman–Crippen LogP) is 3.35. The summed E-state index contributed by atoms with van der Waals surface area (Å²) in [6.07, 6.45) is 0. The first-order chi connectivity index (χ1) is 9.38. The fourth-order valence-electron chi connectivity index (χ4n) is 1.61. The first kappa shape index (κ1) is 14.5. The zero-order chi connectivity index (χ0) is 14.9. The van der Waals surface area contributed by atoms with Crippen LogP contribution in [-0.4, -0.2) is 17.0 Å². The van der Waals surface area contributed by atoms with Crippen molar-refractivity contribution in [3.8, 4) is 0 Å². The number of anilines is 2. The smallest absolute Gasteiger partial charge is 0.337 e.